The van der Waals surface area contributed by atoms with Crippen molar-refractivity contribution in [3.63, 3.8) is 0 Å². The maximum Gasteiger partial charge on any atom is 0.315 e. The largest absolute Gasteiger partial charge is 0.345 e. The standard InChI is InChI=1S/C11H16BrF2NO2/c12-7-8(16)6-11(4-2-1-3-5-11)15-10(17)9(13)14/h9H,1-7H2,(H,15,17). The van der Waals surface area contributed by atoms with E-state index < -0.39 is 17.9 Å². The third kappa shape index (κ3) is 4.33. The van der Waals surface area contributed by atoms with E-state index in [2.05, 4.69) is 21.2 Å². The predicted octanol–water partition coefficient (Wildman–Crippen LogP) is 2.42. The lowest BCUT2D eigenvalue weighted by molar-refractivity contribution is -0.134. The van der Waals surface area contributed by atoms with Crippen LogP contribution in [0.5, 0.6) is 0 Å². The molecule has 0 unspecified atom stereocenters. The molecular formula is C11H16BrF2NO2. The number of nitrogens with one attached hydrogen (secondary N) is 1. The highest BCUT2D eigenvalue weighted by atomic mass is 79.9. The van der Waals surface area contributed by atoms with Gasteiger partial charge in [0.1, 0.15) is 5.78 Å². The molecule has 0 bridgehead atoms. The molecule has 0 aromatic carbocycles. The van der Waals surface area contributed by atoms with E-state index in [1.165, 1.54) is 0 Å². The topological polar surface area (TPSA) is 46.2 Å². The van der Waals surface area contributed by atoms with E-state index in [1.807, 2.05) is 0 Å². The number of carbonyl (C=O) groups is 2. The molecule has 0 atom stereocenters. The molecule has 0 spiro atoms. The summed E-state index contributed by atoms with van der Waals surface area (Å²) in [6.45, 7) is 0. The monoisotopic (exact) mass is 311 g/mol. The van der Waals surface area contributed by atoms with Gasteiger partial charge in [-0.15, -0.1) is 0 Å². The number of carbonyl (C=O) groups excluding carboxylic acids is 2. The van der Waals surface area contributed by atoms with Gasteiger partial charge in [-0.05, 0) is 12.8 Å². The molecule has 0 saturated heterocycles. The molecule has 0 heterocycles. The SMILES string of the molecule is O=C(CBr)CC1(NC(=O)C(F)F)CCCCC1. The first-order chi connectivity index (χ1) is 7.99. The van der Waals surface area contributed by atoms with Crippen molar-refractivity contribution in [2.45, 2.75) is 50.5 Å². The molecule has 0 aromatic heterocycles. The van der Waals surface area contributed by atoms with Crippen LogP contribution >= 0.6 is 15.9 Å². The Bertz CT molecular complexity index is 291. The van der Waals surface area contributed by atoms with Crippen LogP contribution in [0, 0.1) is 0 Å². The van der Waals surface area contributed by atoms with Crippen molar-refractivity contribution in [1.29, 1.82) is 0 Å². The van der Waals surface area contributed by atoms with Gasteiger partial charge in [-0.1, -0.05) is 35.2 Å². The summed E-state index contributed by atoms with van der Waals surface area (Å²) in [6.07, 6.45) is 1.06. The lowest BCUT2D eigenvalue weighted by Gasteiger charge is -2.37. The summed E-state index contributed by atoms with van der Waals surface area (Å²) in [7, 11) is 0. The first kappa shape index (κ1) is 14.5. The van der Waals surface area contributed by atoms with E-state index in [1.54, 1.807) is 0 Å². The molecule has 0 aliphatic heterocycles. The molecule has 0 aromatic rings. The maximum atomic E-state index is 12.3. The lowest BCUT2D eigenvalue weighted by atomic mass is 9.78. The molecule has 3 nitrogen and oxygen atoms in total. The summed E-state index contributed by atoms with van der Waals surface area (Å²) >= 11 is 3.05. The number of amides is 1. The number of rotatable bonds is 5. The Morgan fingerprint density at radius 1 is 1.24 bits per heavy atom. The van der Waals surface area contributed by atoms with E-state index in [0.717, 1.165) is 19.3 Å². The van der Waals surface area contributed by atoms with Gasteiger partial charge in [-0.25, -0.2) is 0 Å². The molecule has 1 fully saturated rings. The van der Waals surface area contributed by atoms with Crippen molar-refractivity contribution < 1.29 is 18.4 Å². The minimum atomic E-state index is -3.02. The minimum absolute atomic E-state index is 0.0681. The number of ketones is 1. The maximum absolute atomic E-state index is 12.3. The zero-order valence-electron chi connectivity index (χ0n) is 9.48. The summed E-state index contributed by atoms with van der Waals surface area (Å²) in [5.41, 5.74) is -0.753. The quantitative estimate of drug-likeness (QED) is 0.793. The van der Waals surface area contributed by atoms with Gasteiger partial charge in [0.05, 0.1) is 5.33 Å². The van der Waals surface area contributed by atoms with Crippen LogP contribution in [0.25, 0.3) is 0 Å². The van der Waals surface area contributed by atoms with E-state index in [0.29, 0.717) is 12.8 Å². The van der Waals surface area contributed by atoms with Crippen molar-refractivity contribution in [3.8, 4) is 0 Å². The number of Topliss-reactive ketones (excluding diaryl/α,β-unsaturated/α-hetero) is 1. The van der Waals surface area contributed by atoms with Gasteiger partial charge in [-0.2, -0.15) is 8.78 Å². The number of alkyl halides is 3. The normalized spacial score (nSPS) is 19.1. The fourth-order valence-electron chi connectivity index (χ4n) is 2.32. The Balaban J connectivity index is 2.71. The van der Waals surface area contributed by atoms with Gasteiger partial charge < -0.3 is 5.32 Å². The van der Waals surface area contributed by atoms with Crippen molar-refractivity contribution in [2.75, 3.05) is 5.33 Å². The van der Waals surface area contributed by atoms with E-state index in [9.17, 15) is 18.4 Å². The molecule has 1 amide bonds. The number of halogens is 3. The van der Waals surface area contributed by atoms with E-state index >= 15 is 0 Å². The van der Waals surface area contributed by atoms with Crippen LogP contribution < -0.4 is 5.32 Å². The van der Waals surface area contributed by atoms with Gasteiger partial charge in [0.15, 0.2) is 0 Å². The third-order valence-electron chi connectivity index (χ3n) is 3.08. The summed E-state index contributed by atoms with van der Waals surface area (Å²) < 4.78 is 24.5. The Kier molecular flexibility index (Phi) is 5.49. The van der Waals surface area contributed by atoms with Gasteiger partial charge in [0.25, 0.3) is 5.91 Å². The Hall–Kier alpha value is -0.520. The third-order valence-corrected chi connectivity index (χ3v) is 3.71. The van der Waals surface area contributed by atoms with E-state index in [4.69, 9.17) is 0 Å². The Morgan fingerprint density at radius 2 is 1.82 bits per heavy atom. The summed E-state index contributed by atoms with van der Waals surface area (Å²) in [4.78, 5) is 22.6. The smallest absolute Gasteiger partial charge is 0.315 e. The predicted molar refractivity (Wildman–Crippen MR) is 63.4 cm³/mol. The first-order valence-corrected chi connectivity index (χ1v) is 6.79. The van der Waals surface area contributed by atoms with Crippen LogP contribution in [0.3, 0.4) is 0 Å². The molecule has 17 heavy (non-hydrogen) atoms. The summed E-state index contributed by atoms with van der Waals surface area (Å²) in [5.74, 6) is -1.34. The minimum Gasteiger partial charge on any atom is -0.345 e. The molecule has 1 saturated carbocycles. The zero-order valence-corrected chi connectivity index (χ0v) is 11.1. The van der Waals surface area contributed by atoms with Crippen molar-refractivity contribution >= 4 is 27.6 Å². The van der Waals surface area contributed by atoms with Crippen LogP contribution in [0.4, 0.5) is 8.78 Å². The first-order valence-electron chi connectivity index (χ1n) is 5.67. The molecule has 1 N–H and O–H groups in total. The van der Waals surface area contributed by atoms with Gasteiger partial charge in [-0.3, -0.25) is 9.59 Å². The highest BCUT2D eigenvalue weighted by Crippen LogP contribution is 2.31. The van der Waals surface area contributed by atoms with Crippen LogP contribution in [-0.2, 0) is 9.59 Å². The van der Waals surface area contributed by atoms with Gasteiger partial charge >= 0.3 is 6.43 Å². The molecule has 0 radical (unpaired) electrons. The fraction of sp³-hybridized carbons (Fsp3) is 0.818. The zero-order chi connectivity index (χ0) is 12.9. The second kappa shape index (κ2) is 6.42. The van der Waals surface area contributed by atoms with Crippen LogP contribution in [0.1, 0.15) is 38.5 Å². The Morgan fingerprint density at radius 3 is 2.29 bits per heavy atom. The molecule has 98 valence electrons. The second-order valence-corrected chi connectivity index (χ2v) is 5.04. The average Bonchev–Trinajstić information content (AvgIpc) is 2.29. The highest BCUT2D eigenvalue weighted by molar-refractivity contribution is 9.09. The van der Waals surface area contributed by atoms with Crippen LogP contribution in [0.2, 0.25) is 0 Å². The molecule has 6 heteroatoms. The van der Waals surface area contributed by atoms with Crippen molar-refractivity contribution in [3.05, 3.63) is 0 Å². The van der Waals surface area contributed by atoms with E-state index in [-0.39, 0.29) is 17.5 Å². The average molecular weight is 312 g/mol. The van der Waals surface area contributed by atoms with Gasteiger partial charge in [0, 0.05) is 12.0 Å². The second-order valence-electron chi connectivity index (χ2n) is 4.48. The number of hydrogen-bond donors (Lipinski definition) is 1. The molecular weight excluding hydrogens is 296 g/mol. The van der Waals surface area contributed by atoms with Crippen LogP contribution in [0.15, 0.2) is 0 Å². The molecule has 1 aliphatic carbocycles. The summed E-state index contributed by atoms with van der Waals surface area (Å²) in [6, 6.07) is 0. The van der Waals surface area contributed by atoms with Crippen molar-refractivity contribution in [1.82, 2.24) is 5.32 Å². The molecule has 1 rings (SSSR count). The lowest BCUT2D eigenvalue weighted by Crippen LogP contribution is -2.52. The number of hydrogen-bond acceptors (Lipinski definition) is 2. The highest BCUT2D eigenvalue weighted by Gasteiger charge is 2.37. The fourth-order valence-corrected chi connectivity index (χ4v) is 2.51. The molecule has 1 aliphatic rings. The van der Waals surface area contributed by atoms with Crippen LogP contribution in [-0.4, -0.2) is 29.0 Å². The van der Waals surface area contributed by atoms with Gasteiger partial charge in [0.2, 0.25) is 0 Å². The summed E-state index contributed by atoms with van der Waals surface area (Å²) in [5, 5.41) is 2.56. The Labute approximate surface area is 107 Å². The van der Waals surface area contributed by atoms with Crippen molar-refractivity contribution in [2.24, 2.45) is 0 Å².